The highest BCUT2D eigenvalue weighted by atomic mass is 16.5. The van der Waals surface area contributed by atoms with Crippen LogP contribution in [0.25, 0.3) is 10.8 Å². The molecule has 0 atom stereocenters. The number of ether oxygens (including phenoxy) is 1. The van der Waals surface area contributed by atoms with Gasteiger partial charge in [-0.15, -0.1) is 0 Å². The number of benzene rings is 4. The van der Waals surface area contributed by atoms with Crippen LogP contribution in [0.5, 0.6) is 5.75 Å². The van der Waals surface area contributed by atoms with Crippen molar-refractivity contribution in [3.63, 3.8) is 0 Å². The lowest BCUT2D eigenvalue weighted by molar-refractivity contribution is -0.118. The summed E-state index contributed by atoms with van der Waals surface area (Å²) in [5.74, 6) is 0.334. The summed E-state index contributed by atoms with van der Waals surface area (Å²) in [6.45, 7) is -0.121. The summed E-state index contributed by atoms with van der Waals surface area (Å²) in [6, 6.07) is 29.3. The Bertz CT molecular complexity index is 1210. The fourth-order valence-corrected chi connectivity index (χ4v) is 3.09. The van der Waals surface area contributed by atoms with E-state index in [0.717, 1.165) is 10.8 Å². The SMILES string of the molecule is O=C(COc1ccc2ccccc2c1)Nc1cccc(NC(=O)Nc2ccccc2)c1. The molecule has 31 heavy (non-hydrogen) atoms. The lowest BCUT2D eigenvalue weighted by atomic mass is 10.1. The standard InChI is InChI=1S/C25H21N3O3/c29-24(17-31-23-14-13-18-7-4-5-8-19(18)15-23)26-21-11-6-12-22(16-21)28-25(30)27-20-9-2-1-3-10-20/h1-16H,17H2,(H,26,29)(H2,27,28,30). The van der Waals surface area contributed by atoms with Crippen molar-refractivity contribution in [1.82, 2.24) is 0 Å². The van der Waals surface area contributed by atoms with Gasteiger partial charge in [0.25, 0.3) is 5.91 Å². The zero-order chi connectivity index (χ0) is 21.5. The van der Waals surface area contributed by atoms with E-state index >= 15 is 0 Å². The van der Waals surface area contributed by atoms with E-state index < -0.39 is 0 Å². The predicted octanol–water partition coefficient (Wildman–Crippen LogP) is 5.50. The molecule has 6 heteroatoms. The number of rotatable bonds is 6. The first-order chi connectivity index (χ1) is 15.2. The highest BCUT2D eigenvalue weighted by Crippen LogP contribution is 2.21. The highest BCUT2D eigenvalue weighted by molar-refractivity contribution is 6.00. The number of hydrogen-bond acceptors (Lipinski definition) is 3. The van der Waals surface area contributed by atoms with Crippen molar-refractivity contribution in [3.8, 4) is 5.75 Å². The van der Waals surface area contributed by atoms with Gasteiger partial charge in [0.1, 0.15) is 5.75 Å². The van der Waals surface area contributed by atoms with Crippen LogP contribution in [0.1, 0.15) is 0 Å². The third kappa shape index (κ3) is 5.61. The number of fused-ring (bicyclic) bond motifs is 1. The van der Waals surface area contributed by atoms with E-state index in [1.54, 1.807) is 36.4 Å². The Morgan fingerprint density at radius 1 is 0.613 bits per heavy atom. The third-order valence-electron chi connectivity index (χ3n) is 4.53. The smallest absolute Gasteiger partial charge is 0.323 e. The second-order valence-electron chi connectivity index (χ2n) is 6.87. The Morgan fingerprint density at radius 2 is 1.26 bits per heavy atom. The highest BCUT2D eigenvalue weighted by Gasteiger charge is 2.07. The summed E-state index contributed by atoms with van der Waals surface area (Å²) in [5, 5.41) is 10.4. The van der Waals surface area contributed by atoms with Crippen molar-refractivity contribution in [3.05, 3.63) is 97.1 Å². The molecule has 0 spiro atoms. The molecular formula is C25H21N3O3. The number of carbonyl (C=O) groups excluding carboxylic acids is 2. The van der Waals surface area contributed by atoms with Crippen LogP contribution in [-0.4, -0.2) is 18.5 Å². The van der Waals surface area contributed by atoms with Crippen molar-refractivity contribution in [1.29, 1.82) is 0 Å². The molecule has 0 saturated carbocycles. The number of amides is 3. The van der Waals surface area contributed by atoms with E-state index in [4.69, 9.17) is 4.74 Å². The van der Waals surface area contributed by atoms with Crippen molar-refractivity contribution in [2.45, 2.75) is 0 Å². The van der Waals surface area contributed by atoms with Gasteiger partial charge in [-0.05, 0) is 53.2 Å². The maximum absolute atomic E-state index is 12.3. The van der Waals surface area contributed by atoms with E-state index in [9.17, 15) is 9.59 Å². The number of anilines is 3. The molecule has 3 N–H and O–H groups in total. The lowest BCUT2D eigenvalue weighted by Gasteiger charge is -2.11. The van der Waals surface area contributed by atoms with Crippen molar-refractivity contribution < 1.29 is 14.3 Å². The first-order valence-corrected chi connectivity index (χ1v) is 9.80. The van der Waals surface area contributed by atoms with Crippen LogP contribution in [-0.2, 0) is 4.79 Å². The van der Waals surface area contributed by atoms with Gasteiger partial charge >= 0.3 is 6.03 Å². The van der Waals surface area contributed by atoms with Gasteiger partial charge in [0, 0.05) is 17.1 Å². The molecule has 3 amide bonds. The summed E-state index contributed by atoms with van der Waals surface area (Å²) in [4.78, 5) is 24.4. The first-order valence-electron chi connectivity index (χ1n) is 9.80. The van der Waals surface area contributed by atoms with Gasteiger partial charge in [0.15, 0.2) is 6.61 Å². The van der Waals surface area contributed by atoms with Crippen LogP contribution in [0.2, 0.25) is 0 Å². The van der Waals surface area contributed by atoms with Crippen LogP contribution >= 0.6 is 0 Å². The Kier molecular flexibility index (Phi) is 6.09. The Morgan fingerprint density at radius 3 is 2.06 bits per heavy atom. The van der Waals surface area contributed by atoms with Gasteiger partial charge in [0.2, 0.25) is 0 Å². The maximum atomic E-state index is 12.3. The summed E-state index contributed by atoms with van der Waals surface area (Å²) in [7, 11) is 0. The fraction of sp³-hybridized carbons (Fsp3) is 0.0400. The summed E-state index contributed by atoms with van der Waals surface area (Å²) in [5.41, 5.74) is 1.81. The second-order valence-corrected chi connectivity index (χ2v) is 6.87. The van der Waals surface area contributed by atoms with Gasteiger partial charge in [0.05, 0.1) is 0 Å². The number of urea groups is 1. The first kappa shape index (κ1) is 20.0. The van der Waals surface area contributed by atoms with Gasteiger partial charge < -0.3 is 20.7 Å². The Hall–Kier alpha value is -4.32. The van der Waals surface area contributed by atoms with E-state index in [0.29, 0.717) is 22.8 Å². The summed E-state index contributed by atoms with van der Waals surface area (Å²) in [6.07, 6.45) is 0. The molecule has 0 aliphatic rings. The minimum absolute atomic E-state index is 0.121. The second kappa shape index (κ2) is 9.45. The van der Waals surface area contributed by atoms with Crippen molar-refractivity contribution in [2.75, 3.05) is 22.6 Å². The molecule has 4 aromatic carbocycles. The largest absolute Gasteiger partial charge is 0.484 e. The minimum atomic E-state index is -0.366. The molecule has 0 aliphatic carbocycles. The van der Waals surface area contributed by atoms with E-state index in [-0.39, 0.29) is 18.5 Å². The van der Waals surface area contributed by atoms with Gasteiger partial charge in [-0.1, -0.05) is 54.6 Å². The quantitative estimate of drug-likeness (QED) is 0.392. The van der Waals surface area contributed by atoms with Crippen molar-refractivity contribution in [2.24, 2.45) is 0 Å². The molecule has 0 aromatic heterocycles. The molecule has 6 nitrogen and oxygen atoms in total. The molecule has 0 unspecified atom stereocenters. The lowest BCUT2D eigenvalue weighted by Crippen LogP contribution is -2.21. The summed E-state index contributed by atoms with van der Waals surface area (Å²) >= 11 is 0. The van der Waals surface area contributed by atoms with Crippen LogP contribution in [0.3, 0.4) is 0 Å². The molecule has 0 fully saturated rings. The van der Waals surface area contributed by atoms with Crippen LogP contribution in [0.15, 0.2) is 97.1 Å². The molecule has 154 valence electrons. The number of para-hydroxylation sites is 1. The monoisotopic (exact) mass is 411 g/mol. The van der Waals surface area contributed by atoms with Gasteiger partial charge in [-0.2, -0.15) is 0 Å². The zero-order valence-electron chi connectivity index (χ0n) is 16.7. The zero-order valence-corrected chi connectivity index (χ0v) is 16.7. The number of carbonyl (C=O) groups is 2. The maximum Gasteiger partial charge on any atom is 0.323 e. The van der Waals surface area contributed by atoms with Crippen LogP contribution in [0.4, 0.5) is 21.9 Å². The molecule has 4 rings (SSSR count). The molecule has 0 aliphatic heterocycles. The average Bonchev–Trinajstić information content (AvgIpc) is 2.78. The Labute approximate surface area is 179 Å². The number of hydrogen-bond donors (Lipinski definition) is 3. The van der Waals surface area contributed by atoms with Gasteiger partial charge in [-0.3, -0.25) is 4.79 Å². The Balaban J connectivity index is 1.31. The molecule has 0 radical (unpaired) electrons. The molecule has 0 saturated heterocycles. The van der Waals surface area contributed by atoms with Crippen LogP contribution in [0, 0.1) is 0 Å². The fourth-order valence-electron chi connectivity index (χ4n) is 3.09. The molecule has 0 bridgehead atoms. The minimum Gasteiger partial charge on any atom is -0.484 e. The molecule has 0 heterocycles. The topological polar surface area (TPSA) is 79.5 Å². The molecular weight excluding hydrogens is 390 g/mol. The summed E-state index contributed by atoms with van der Waals surface area (Å²) < 4.78 is 5.62. The normalized spacial score (nSPS) is 10.3. The van der Waals surface area contributed by atoms with Gasteiger partial charge in [-0.25, -0.2) is 4.79 Å². The molecule has 4 aromatic rings. The van der Waals surface area contributed by atoms with Crippen LogP contribution < -0.4 is 20.7 Å². The number of nitrogens with one attached hydrogen (secondary N) is 3. The van der Waals surface area contributed by atoms with E-state index in [2.05, 4.69) is 16.0 Å². The van der Waals surface area contributed by atoms with E-state index in [1.165, 1.54) is 0 Å². The van der Waals surface area contributed by atoms with E-state index in [1.807, 2.05) is 60.7 Å². The third-order valence-corrected chi connectivity index (χ3v) is 4.53. The average molecular weight is 411 g/mol. The predicted molar refractivity (Wildman–Crippen MR) is 124 cm³/mol. The van der Waals surface area contributed by atoms with Crippen molar-refractivity contribution >= 4 is 39.8 Å².